The highest BCUT2D eigenvalue weighted by molar-refractivity contribution is 7.88. The van der Waals surface area contributed by atoms with Crippen molar-refractivity contribution >= 4 is 32.5 Å². The van der Waals surface area contributed by atoms with E-state index in [0.717, 1.165) is 43.8 Å². The second kappa shape index (κ2) is 18.4. The van der Waals surface area contributed by atoms with Crippen LogP contribution < -0.4 is 0 Å². The average molecular weight is 857 g/mol. The first-order valence-electron chi connectivity index (χ1n) is 21.9. The van der Waals surface area contributed by atoms with E-state index in [1.165, 1.54) is 88.9 Å². The summed E-state index contributed by atoms with van der Waals surface area (Å²) in [6.45, 7) is 28.3. The maximum Gasteiger partial charge on any atom is 0.394 e. The number of hydrogen-bond donors (Lipinski definition) is 2. The quantitative estimate of drug-likeness (QED) is 0.0940. The first-order chi connectivity index (χ1) is 26.7. The molecule has 2 N–H and O–H groups in total. The van der Waals surface area contributed by atoms with E-state index >= 15 is 0 Å². The van der Waals surface area contributed by atoms with Crippen LogP contribution in [-0.4, -0.2) is 92.4 Å². The predicted octanol–water partition coefficient (Wildman–Crippen LogP) is 8.11. The van der Waals surface area contributed by atoms with Crippen molar-refractivity contribution in [2.75, 3.05) is 39.0 Å². The number of esters is 1. The van der Waals surface area contributed by atoms with E-state index in [1.807, 2.05) is 0 Å². The van der Waals surface area contributed by atoms with Crippen molar-refractivity contribution in [3.8, 4) is 0 Å². The molecule has 334 valence electrons. The zero-order chi connectivity index (χ0) is 43.7. The van der Waals surface area contributed by atoms with Crippen molar-refractivity contribution in [1.82, 2.24) is 9.21 Å². The lowest BCUT2D eigenvalue weighted by Crippen LogP contribution is -2.66. The molecule has 5 aliphatic carbocycles. The predicted molar refractivity (Wildman–Crippen MR) is 224 cm³/mol. The number of unbranched alkanes of at least 4 members (excludes halogenated alkanes) is 1. The Labute approximate surface area is 350 Å². The van der Waals surface area contributed by atoms with Gasteiger partial charge in [0, 0.05) is 38.0 Å². The Hall–Kier alpha value is -1.67. The van der Waals surface area contributed by atoms with Gasteiger partial charge in [0.2, 0.25) is 10.0 Å². The maximum atomic E-state index is 12.9. The minimum atomic E-state index is -4.67. The number of carbonyl (C=O) groups excluding carboxylic acids is 3. The maximum absolute atomic E-state index is 12.9. The Kier molecular flexibility index (Phi) is 15.5. The van der Waals surface area contributed by atoms with Gasteiger partial charge in [-0.25, -0.2) is 8.42 Å². The number of piperazine rings is 1. The number of allylic oxidation sites excluding steroid dienone is 1. The molecule has 0 aromatic heterocycles. The monoisotopic (exact) mass is 856 g/mol. The van der Waals surface area contributed by atoms with Crippen LogP contribution >= 0.6 is 0 Å². The van der Waals surface area contributed by atoms with Crippen LogP contribution in [0.15, 0.2) is 12.2 Å². The molecule has 1 heterocycles. The van der Waals surface area contributed by atoms with Crippen LogP contribution in [0.25, 0.3) is 0 Å². The summed E-state index contributed by atoms with van der Waals surface area (Å²) in [7, 11) is -7.75. The number of nitrogens with zero attached hydrogens (tertiary/aromatic N) is 2. The molecule has 1 saturated heterocycles. The van der Waals surface area contributed by atoms with E-state index < -0.39 is 20.4 Å². The zero-order valence-electron chi connectivity index (χ0n) is 37.1. The summed E-state index contributed by atoms with van der Waals surface area (Å²) in [6.07, 6.45) is 18.9. The van der Waals surface area contributed by atoms with Gasteiger partial charge < -0.3 is 9.64 Å². The van der Waals surface area contributed by atoms with Crippen molar-refractivity contribution in [2.24, 2.45) is 62.6 Å². The molecule has 0 spiro atoms. The molecule has 10 atom stereocenters. The minimum absolute atomic E-state index is 0.00176. The molecule has 0 amide bonds. The first-order valence-corrected chi connectivity index (χ1v) is 25.2. The van der Waals surface area contributed by atoms with Crippen LogP contribution in [0.1, 0.15) is 145 Å². The topological polar surface area (TPSA) is 176 Å². The first kappa shape index (κ1) is 49.0. The number of sulfonamides is 1. The van der Waals surface area contributed by atoms with E-state index in [-0.39, 0.29) is 29.1 Å². The molecular formula is C44H76N2O10S2. The van der Waals surface area contributed by atoms with Gasteiger partial charge in [0.25, 0.3) is 0 Å². The largest absolute Gasteiger partial charge is 0.462 e. The van der Waals surface area contributed by atoms with Crippen molar-refractivity contribution in [3.05, 3.63) is 12.2 Å². The second-order valence-electron chi connectivity index (χ2n) is 21.0. The van der Waals surface area contributed by atoms with Gasteiger partial charge >= 0.3 is 22.5 Å². The number of ether oxygens (including phenoxy) is 1. The lowest BCUT2D eigenvalue weighted by Gasteiger charge is -2.73. The van der Waals surface area contributed by atoms with Crippen molar-refractivity contribution in [1.29, 1.82) is 0 Å². The molecule has 0 radical (unpaired) electrons. The van der Waals surface area contributed by atoms with E-state index in [2.05, 4.69) is 66.9 Å². The summed E-state index contributed by atoms with van der Waals surface area (Å²) >= 11 is 0. The molecule has 12 nitrogen and oxygen atoms in total. The highest BCUT2D eigenvalue weighted by atomic mass is 32.3. The Bertz CT molecular complexity index is 1710. The van der Waals surface area contributed by atoms with Gasteiger partial charge in [0.05, 0.1) is 6.26 Å². The normalized spacial score (nSPS) is 38.6. The highest BCUT2D eigenvalue weighted by Gasteiger charge is 2.71. The van der Waals surface area contributed by atoms with E-state index in [1.54, 1.807) is 4.31 Å². The summed E-state index contributed by atoms with van der Waals surface area (Å²) in [5.41, 5.74) is 2.85. The molecule has 6 aliphatic rings. The summed E-state index contributed by atoms with van der Waals surface area (Å²) in [5.74, 6) is 3.83. The lowest BCUT2D eigenvalue weighted by molar-refractivity contribution is -0.250. The summed E-state index contributed by atoms with van der Waals surface area (Å²) < 4.78 is 63.5. The van der Waals surface area contributed by atoms with E-state index in [4.69, 9.17) is 31.8 Å². The average Bonchev–Trinajstić information content (AvgIpc) is 3.48. The van der Waals surface area contributed by atoms with Gasteiger partial charge in [0.15, 0.2) is 0 Å². The van der Waals surface area contributed by atoms with Crippen molar-refractivity contribution in [3.63, 3.8) is 0 Å². The summed E-state index contributed by atoms with van der Waals surface area (Å²) in [5, 5.41) is 0. The number of hydrogen-bond acceptors (Lipinski definition) is 9. The van der Waals surface area contributed by atoms with Crippen molar-refractivity contribution in [2.45, 2.75) is 151 Å². The molecule has 0 aromatic rings. The van der Waals surface area contributed by atoms with Crippen LogP contribution in [0.5, 0.6) is 0 Å². The molecule has 6 fully saturated rings. The van der Waals surface area contributed by atoms with Crippen LogP contribution in [0, 0.1) is 62.6 Å². The van der Waals surface area contributed by atoms with Crippen molar-refractivity contribution < 1.29 is 45.1 Å². The molecule has 0 aromatic carbocycles. The van der Waals surface area contributed by atoms with Gasteiger partial charge in [-0.2, -0.15) is 22.3 Å². The molecule has 5 saturated carbocycles. The summed E-state index contributed by atoms with van der Waals surface area (Å²) in [6, 6.07) is 0. The van der Waals surface area contributed by atoms with Crippen LogP contribution in [0.2, 0.25) is 0 Å². The SMILES string of the molecule is C=C(C)[C@@H]1CC[C@]2(CCCCN3CCN(S(C)(=O)=O)CC3)CC[C@]3(C)[C@H](CC[C@@H]4[C@@]5(C)CC[C@H](OC(=O)CC(C)C)C(C)(C)[C@@H]5CC[C@]43C)[C@@H]12.O=C=O.O=S(=O)(O)O. The molecule has 0 bridgehead atoms. The zero-order valence-corrected chi connectivity index (χ0v) is 38.7. The fraction of sp³-hybridized carbons (Fsp3) is 0.909. The Morgan fingerprint density at radius 2 is 1.43 bits per heavy atom. The Balaban J connectivity index is 0.000000852. The van der Waals surface area contributed by atoms with Gasteiger partial charge in [0.1, 0.15) is 6.10 Å². The third kappa shape index (κ3) is 10.2. The molecule has 1 aliphatic heterocycles. The van der Waals surface area contributed by atoms with Crippen LogP contribution in [0.4, 0.5) is 0 Å². The molecule has 6 rings (SSSR count). The standard InChI is InChI=1S/C43H74N2O4S.CO2.H2O4S/c1-30(2)29-37(46)49-36-17-19-40(7)34(39(36,5)6)16-20-42(9)35(40)14-13-33-38-32(31(3)4)15-21-43(38,23-22-41(33,42)8)18-11-12-24-44-25-27-45(28-26-44)50(10,47)48;2-1-3;1-5(2,3)4/h30,32-36,38H,3,11-29H2,1-2,4-10H3;;(H2,1,2,3,4)/t32-,33+,34-,35+,36-,38+,40-,41+,42+,43+;;/m0../s1. The van der Waals surface area contributed by atoms with Gasteiger partial charge in [-0.15, -0.1) is 0 Å². The third-order valence-corrected chi connectivity index (χ3v) is 18.5. The molecule has 58 heavy (non-hydrogen) atoms. The smallest absolute Gasteiger partial charge is 0.394 e. The Morgan fingerprint density at radius 1 is 0.828 bits per heavy atom. The van der Waals surface area contributed by atoms with Gasteiger partial charge in [-0.1, -0.05) is 67.0 Å². The third-order valence-electron chi connectivity index (χ3n) is 17.2. The van der Waals surface area contributed by atoms with E-state index in [0.29, 0.717) is 53.5 Å². The number of fused-ring (bicyclic) bond motifs is 7. The number of carbonyl (C=O) groups is 1. The summed E-state index contributed by atoms with van der Waals surface area (Å²) in [4.78, 5) is 31.6. The fourth-order valence-electron chi connectivity index (χ4n) is 14.5. The lowest BCUT2D eigenvalue weighted by atomic mass is 9.32. The minimum Gasteiger partial charge on any atom is -0.462 e. The highest BCUT2D eigenvalue weighted by Crippen LogP contribution is 2.78. The Morgan fingerprint density at radius 3 is 1.98 bits per heavy atom. The van der Waals surface area contributed by atoms with E-state index in [9.17, 15) is 13.2 Å². The second-order valence-corrected chi connectivity index (χ2v) is 23.9. The van der Waals surface area contributed by atoms with Gasteiger partial charge in [-0.3, -0.25) is 13.9 Å². The fourth-order valence-corrected chi connectivity index (χ4v) is 15.4. The molecule has 14 heteroatoms. The van der Waals surface area contributed by atoms with Crippen LogP contribution in [0.3, 0.4) is 0 Å². The molecule has 0 unspecified atom stereocenters. The number of rotatable bonds is 10. The van der Waals surface area contributed by atoms with Crippen LogP contribution in [-0.2, 0) is 39.5 Å². The molecular weight excluding hydrogens is 781 g/mol. The van der Waals surface area contributed by atoms with Gasteiger partial charge in [-0.05, 0) is 148 Å².